The molecular weight excluding hydrogens is 252 g/mol. The van der Waals surface area contributed by atoms with Gasteiger partial charge in [0.2, 0.25) is 0 Å². The third-order valence-corrected chi connectivity index (χ3v) is 4.58. The number of rotatable bonds is 8. The van der Waals surface area contributed by atoms with Crippen LogP contribution in [0.1, 0.15) is 75.8 Å². The molecule has 21 heavy (non-hydrogen) atoms. The number of aryl methyl sites for hydroxylation is 1. The van der Waals surface area contributed by atoms with Gasteiger partial charge in [-0.25, -0.2) is 0 Å². The molecular formula is C21H30. The van der Waals surface area contributed by atoms with Crippen molar-refractivity contribution in [3.8, 4) is 0 Å². The Kier molecular flexibility index (Phi) is 6.29. The highest BCUT2D eigenvalue weighted by Gasteiger charge is 2.06. The van der Waals surface area contributed by atoms with Crippen molar-refractivity contribution >= 4 is 10.8 Å². The summed E-state index contributed by atoms with van der Waals surface area (Å²) in [6.45, 7) is 6.82. The van der Waals surface area contributed by atoms with E-state index in [1.807, 2.05) is 0 Å². The van der Waals surface area contributed by atoms with Crippen LogP contribution in [0, 0.1) is 6.92 Å². The smallest absolute Gasteiger partial charge is 0.0181 e. The van der Waals surface area contributed by atoms with Crippen LogP contribution >= 0.6 is 0 Å². The standard InChI is InChI=1S/C21H30/c1-4-5-6-7-8-9-10-18(3)19-13-14-20-15-17(2)11-12-21(20)16-19/h11-16,18H,4-10H2,1-3H3. The number of fused-ring (bicyclic) bond motifs is 1. The third kappa shape index (κ3) is 4.88. The van der Waals surface area contributed by atoms with E-state index in [9.17, 15) is 0 Å². The lowest BCUT2D eigenvalue weighted by Gasteiger charge is -2.13. The molecule has 1 atom stereocenters. The Morgan fingerprint density at radius 1 is 0.810 bits per heavy atom. The predicted octanol–water partition coefficient (Wildman–Crippen LogP) is 7.00. The zero-order valence-corrected chi connectivity index (χ0v) is 14.0. The molecule has 0 amide bonds. The van der Waals surface area contributed by atoms with Crippen LogP contribution in [0.3, 0.4) is 0 Å². The van der Waals surface area contributed by atoms with Crippen LogP contribution in [0.2, 0.25) is 0 Å². The number of benzene rings is 2. The van der Waals surface area contributed by atoms with E-state index >= 15 is 0 Å². The second-order valence-electron chi connectivity index (χ2n) is 6.57. The summed E-state index contributed by atoms with van der Waals surface area (Å²) in [6, 6.07) is 13.7. The highest BCUT2D eigenvalue weighted by atomic mass is 14.1. The van der Waals surface area contributed by atoms with E-state index < -0.39 is 0 Å². The molecule has 0 aliphatic heterocycles. The van der Waals surface area contributed by atoms with Crippen LogP contribution < -0.4 is 0 Å². The average molecular weight is 282 g/mol. The molecule has 0 N–H and O–H groups in total. The minimum Gasteiger partial charge on any atom is -0.0654 e. The molecule has 0 saturated carbocycles. The van der Waals surface area contributed by atoms with Gasteiger partial charge in [-0.2, -0.15) is 0 Å². The molecule has 0 heteroatoms. The van der Waals surface area contributed by atoms with Gasteiger partial charge in [-0.3, -0.25) is 0 Å². The van der Waals surface area contributed by atoms with Gasteiger partial charge in [0.1, 0.15) is 0 Å². The molecule has 0 aliphatic carbocycles. The Morgan fingerprint density at radius 3 is 2.29 bits per heavy atom. The summed E-state index contributed by atoms with van der Waals surface area (Å²) in [5.74, 6) is 0.682. The van der Waals surface area contributed by atoms with Crippen molar-refractivity contribution in [1.82, 2.24) is 0 Å². The van der Waals surface area contributed by atoms with Gasteiger partial charge >= 0.3 is 0 Å². The Hall–Kier alpha value is -1.30. The molecule has 0 saturated heterocycles. The molecule has 114 valence electrons. The van der Waals surface area contributed by atoms with Crippen molar-refractivity contribution in [1.29, 1.82) is 0 Å². The number of hydrogen-bond acceptors (Lipinski definition) is 0. The molecule has 2 aromatic carbocycles. The lowest BCUT2D eigenvalue weighted by molar-refractivity contribution is 0.557. The van der Waals surface area contributed by atoms with Crippen LogP contribution in [0.4, 0.5) is 0 Å². The molecule has 2 aromatic rings. The van der Waals surface area contributed by atoms with Gasteiger partial charge in [0.25, 0.3) is 0 Å². The molecule has 0 fully saturated rings. The summed E-state index contributed by atoms with van der Waals surface area (Å²) in [5, 5.41) is 2.75. The van der Waals surface area contributed by atoms with Crippen molar-refractivity contribution in [3.63, 3.8) is 0 Å². The summed E-state index contributed by atoms with van der Waals surface area (Å²) in [6.07, 6.45) is 9.67. The van der Waals surface area contributed by atoms with Crippen molar-refractivity contribution < 1.29 is 0 Å². The van der Waals surface area contributed by atoms with Gasteiger partial charge in [-0.05, 0) is 35.6 Å². The van der Waals surface area contributed by atoms with Crippen LogP contribution in [0.15, 0.2) is 36.4 Å². The SMILES string of the molecule is CCCCCCCCC(C)c1ccc2cc(C)ccc2c1. The summed E-state index contributed by atoms with van der Waals surface area (Å²) in [5.41, 5.74) is 2.84. The highest BCUT2D eigenvalue weighted by molar-refractivity contribution is 5.83. The van der Waals surface area contributed by atoms with Crippen LogP contribution in [-0.2, 0) is 0 Å². The quantitative estimate of drug-likeness (QED) is 0.457. The first kappa shape index (κ1) is 16.1. The van der Waals surface area contributed by atoms with Gasteiger partial charge in [0, 0.05) is 0 Å². The minimum absolute atomic E-state index is 0.682. The van der Waals surface area contributed by atoms with E-state index in [4.69, 9.17) is 0 Å². The summed E-state index contributed by atoms with van der Waals surface area (Å²) < 4.78 is 0. The molecule has 0 aliphatic rings. The summed E-state index contributed by atoms with van der Waals surface area (Å²) >= 11 is 0. The first-order valence-corrected chi connectivity index (χ1v) is 8.71. The molecule has 0 radical (unpaired) electrons. The van der Waals surface area contributed by atoms with Crippen LogP contribution in [0.25, 0.3) is 10.8 Å². The molecule has 0 spiro atoms. The zero-order valence-electron chi connectivity index (χ0n) is 14.0. The Bertz CT molecular complexity index is 553. The van der Waals surface area contributed by atoms with Crippen molar-refractivity contribution in [2.45, 2.75) is 71.6 Å². The van der Waals surface area contributed by atoms with Gasteiger partial charge in [0.15, 0.2) is 0 Å². The topological polar surface area (TPSA) is 0 Å². The van der Waals surface area contributed by atoms with Crippen molar-refractivity contribution in [3.05, 3.63) is 47.5 Å². The predicted molar refractivity (Wildman–Crippen MR) is 95.1 cm³/mol. The van der Waals surface area contributed by atoms with Gasteiger partial charge in [-0.15, -0.1) is 0 Å². The Balaban J connectivity index is 1.87. The van der Waals surface area contributed by atoms with E-state index in [1.165, 1.54) is 66.8 Å². The van der Waals surface area contributed by atoms with Crippen molar-refractivity contribution in [2.75, 3.05) is 0 Å². The van der Waals surface area contributed by atoms with Crippen molar-refractivity contribution in [2.24, 2.45) is 0 Å². The van der Waals surface area contributed by atoms with E-state index in [1.54, 1.807) is 0 Å². The Labute approximate surface area is 130 Å². The molecule has 0 nitrogen and oxygen atoms in total. The second-order valence-corrected chi connectivity index (χ2v) is 6.57. The molecule has 0 bridgehead atoms. The maximum absolute atomic E-state index is 2.39. The lowest BCUT2D eigenvalue weighted by atomic mass is 9.92. The average Bonchev–Trinajstić information content (AvgIpc) is 2.50. The fourth-order valence-electron chi connectivity index (χ4n) is 3.09. The monoisotopic (exact) mass is 282 g/mol. The second kappa shape index (κ2) is 8.22. The fourth-order valence-corrected chi connectivity index (χ4v) is 3.09. The van der Waals surface area contributed by atoms with E-state index in [-0.39, 0.29) is 0 Å². The molecule has 0 heterocycles. The summed E-state index contributed by atoms with van der Waals surface area (Å²) in [4.78, 5) is 0. The minimum atomic E-state index is 0.682. The zero-order chi connectivity index (χ0) is 15.1. The van der Waals surface area contributed by atoms with Crippen LogP contribution in [0.5, 0.6) is 0 Å². The van der Waals surface area contributed by atoms with Gasteiger partial charge in [-0.1, -0.05) is 94.3 Å². The summed E-state index contributed by atoms with van der Waals surface area (Å²) in [7, 11) is 0. The van der Waals surface area contributed by atoms with Gasteiger partial charge < -0.3 is 0 Å². The third-order valence-electron chi connectivity index (χ3n) is 4.58. The Morgan fingerprint density at radius 2 is 1.48 bits per heavy atom. The first-order valence-electron chi connectivity index (χ1n) is 8.71. The highest BCUT2D eigenvalue weighted by Crippen LogP contribution is 2.26. The maximum atomic E-state index is 2.39. The first-order chi connectivity index (χ1) is 10.2. The van der Waals surface area contributed by atoms with E-state index in [0.717, 1.165) is 0 Å². The van der Waals surface area contributed by atoms with Gasteiger partial charge in [0.05, 0.1) is 0 Å². The normalized spacial score (nSPS) is 12.7. The van der Waals surface area contributed by atoms with Crippen LogP contribution in [-0.4, -0.2) is 0 Å². The van der Waals surface area contributed by atoms with E-state index in [0.29, 0.717) is 5.92 Å². The van der Waals surface area contributed by atoms with E-state index in [2.05, 4.69) is 57.2 Å². The molecule has 2 rings (SSSR count). The largest absolute Gasteiger partial charge is 0.0654 e. The molecule has 1 unspecified atom stereocenters. The number of unbranched alkanes of at least 4 members (excludes halogenated alkanes) is 5. The number of hydrogen-bond donors (Lipinski definition) is 0. The maximum Gasteiger partial charge on any atom is -0.0181 e. The lowest BCUT2D eigenvalue weighted by Crippen LogP contribution is -1.94. The molecule has 0 aromatic heterocycles. The fraction of sp³-hybridized carbons (Fsp3) is 0.524.